The predicted octanol–water partition coefficient (Wildman–Crippen LogP) is 0.431. The van der Waals surface area contributed by atoms with Gasteiger partial charge in [-0.15, -0.1) is 0 Å². The third-order valence-electron chi connectivity index (χ3n) is 3.19. The van der Waals surface area contributed by atoms with E-state index in [1.807, 2.05) is 0 Å². The van der Waals surface area contributed by atoms with E-state index in [1.54, 1.807) is 0 Å². The lowest BCUT2D eigenvalue weighted by atomic mass is 10.2. The van der Waals surface area contributed by atoms with Crippen LogP contribution >= 0.6 is 0 Å². The summed E-state index contributed by atoms with van der Waals surface area (Å²) in [5.41, 5.74) is 8.90. The molecule has 1 fully saturated rings. The average molecular weight is 231 g/mol. The van der Waals surface area contributed by atoms with Crippen LogP contribution in [0.2, 0.25) is 0 Å². The predicted molar refractivity (Wildman–Crippen MR) is 69.1 cm³/mol. The number of aromatic nitrogens is 2. The molecule has 90 valence electrons. The largest absolute Gasteiger partial charge is 0.369 e. The van der Waals surface area contributed by atoms with Crippen molar-refractivity contribution in [1.82, 2.24) is 15.3 Å². The van der Waals surface area contributed by atoms with Crippen LogP contribution in [0, 0.1) is 0 Å². The molecule has 1 aromatic carbocycles. The molecule has 1 saturated heterocycles. The number of rotatable bonds is 2. The van der Waals surface area contributed by atoms with Crippen molar-refractivity contribution in [1.29, 1.82) is 0 Å². The molecular formula is C12H17N5. The summed E-state index contributed by atoms with van der Waals surface area (Å²) in [6, 6.07) is 6.35. The average Bonchev–Trinajstić information content (AvgIpc) is 2.81. The second-order valence-corrected chi connectivity index (χ2v) is 4.33. The zero-order valence-electron chi connectivity index (χ0n) is 9.74. The van der Waals surface area contributed by atoms with Gasteiger partial charge in [0.1, 0.15) is 5.82 Å². The molecule has 5 heteroatoms. The number of imidazole rings is 1. The number of benzene rings is 1. The lowest BCUT2D eigenvalue weighted by Gasteiger charge is -2.29. The van der Waals surface area contributed by atoms with Crippen LogP contribution < -0.4 is 16.0 Å². The topological polar surface area (TPSA) is 70.0 Å². The van der Waals surface area contributed by atoms with Crippen LogP contribution in [-0.4, -0.2) is 36.1 Å². The fraction of sp³-hybridized carbons (Fsp3) is 0.417. The first-order valence-corrected chi connectivity index (χ1v) is 6.01. The highest BCUT2D eigenvalue weighted by molar-refractivity contribution is 5.79. The standard InChI is InChI=1S/C12H17N5/c13-8-12-15-10-2-1-9(7-11(10)16-12)17-5-3-14-4-6-17/h1-2,7,14H,3-6,8,13H2,(H,15,16). The van der Waals surface area contributed by atoms with E-state index in [0.29, 0.717) is 6.54 Å². The smallest absolute Gasteiger partial charge is 0.121 e. The minimum Gasteiger partial charge on any atom is -0.369 e. The molecule has 3 rings (SSSR count). The maximum Gasteiger partial charge on any atom is 0.121 e. The van der Waals surface area contributed by atoms with E-state index < -0.39 is 0 Å². The quantitative estimate of drug-likeness (QED) is 0.701. The summed E-state index contributed by atoms with van der Waals surface area (Å²) in [6.45, 7) is 4.68. The first kappa shape index (κ1) is 10.6. The molecule has 0 amide bonds. The third-order valence-corrected chi connectivity index (χ3v) is 3.19. The van der Waals surface area contributed by atoms with E-state index in [0.717, 1.165) is 43.0 Å². The molecule has 1 aliphatic heterocycles. The number of nitrogens with zero attached hydrogens (tertiary/aromatic N) is 2. The monoisotopic (exact) mass is 231 g/mol. The Kier molecular flexibility index (Phi) is 2.70. The Morgan fingerprint density at radius 1 is 1.29 bits per heavy atom. The van der Waals surface area contributed by atoms with Gasteiger partial charge < -0.3 is 20.9 Å². The zero-order valence-corrected chi connectivity index (χ0v) is 9.74. The summed E-state index contributed by atoms with van der Waals surface area (Å²) in [5, 5.41) is 3.36. The van der Waals surface area contributed by atoms with E-state index in [1.165, 1.54) is 5.69 Å². The minimum absolute atomic E-state index is 0.456. The van der Waals surface area contributed by atoms with Gasteiger partial charge in [0, 0.05) is 31.9 Å². The number of hydrogen-bond donors (Lipinski definition) is 3. The molecule has 5 nitrogen and oxygen atoms in total. The molecule has 0 aliphatic carbocycles. The summed E-state index contributed by atoms with van der Waals surface area (Å²) in [4.78, 5) is 10.0. The molecule has 1 aromatic heterocycles. The maximum atomic E-state index is 5.58. The molecule has 0 spiro atoms. The molecule has 17 heavy (non-hydrogen) atoms. The van der Waals surface area contributed by atoms with Crippen molar-refractivity contribution >= 4 is 16.7 Å². The third kappa shape index (κ3) is 1.99. The van der Waals surface area contributed by atoms with Gasteiger partial charge >= 0.3 is 0 Å². The molecule has 2 aromatic rings. The number of nitrogens with two attached hydrogens (primary N) is 1. The van der Waals surface area contributed by atoms with Crippen LogP contribution in [0.3, 0.4) is 0 Å². The van der Waals surface area contributed by atoms with E-state index >= 15 is 0 Å². The molecular weight excluding hydrogens is 214 g/mol. The van der Waals surface area contributed by atoms with Gasteiger partial charge in [0.05, 0.1) is 17.6 Å². The molecule has 0 unspecified atom stereocenters. The number of H-pyrrole nitrogens is 1. The Labute approximate surface area is 100 Å². The molecule has 0 atom stereocenters. The van der Waals surface area contributed by atoms with Crippen molar-refractivity contribution in [2.24, 2.45) is 5.73 Å². The Morgan fingerprint density at radius 2 is 2.12 bits per heavy atom. The van der Waals surface area contributed by atoms with Crippen LogP contribution in [0.25, 0.3) is 11.0 Å². The number of piperazine rings is 1. The van der Waals surface area contributed by atoms with E-state index in [4.69, 9.17) is 5.73 Å². The highest BCUT2D eigenvalue weighted by Crippen LogP contribution is 2.21. The van der Waals surface area contributed by atoms with Crippen molar-refractivity contribution in [2.75, 3.05) is 31.1 Å². The Bertz CT molecular complexity index is 513. The fourth-order valence-electron chi connectivity index (χ4n) is 2.27. The van der Waals surface area contributed by atoms with Crippen LogP contribution in [0.5, 0.6) is 0 Å². The maximum absolute atomic E-state index is 5.58. The highest BCUT2D eigenvalue weighted by Gasteiger charge is 2.11. The Hall–Kier alpha value is -1.59. The zero-order chi connectivity index (χ0) is 11.7. The second kappa shape index (κ2) is 4.35. The number of nitrogens with one attached hydrogen (secondary N) is 2. The Morgan fingerprint density at radius 3 is 2.88 bits per heavy atom. The minimum atomic E-state index is 0.456. The summed E-state index contributed by atoms with van der Waals surface area (Å²) >= 11 is 0. The summed E-state index contributed by atoms with van der Waals surface area (Å²) in [5.74, 6) is 0.845. The molecule has 0 bridgehead atoms. The summed E-state index contributed by atoms with van der Waals surface area (Å²) in [6.07, 6.45) is 0. The molecule has 4 N–H and O–H groups in total. The van der Waals surface area contributed by atoms with Crippen LogP contribution in [0.15, 0.2) is 18.2 Å². The van der Waals surface area contributed by atoms with Crippen LogP contribution in [0.4, 0.5) is 5.69 Å². The molecule has 2 heterocycles. The molecule has 0 radical (unpaired) electrons. The van der Waals surface area contributed by atoms with Gasteiger partial charge in [-0.25, -0.2) is 4.98 Å². The van der Waals surface area contributed by atoms with Gasteiger partial charge in [0.2, 0.25) is 0 Å². The van der Waals surface area contributed by atoms with E-state index in [9.17, 15) is 0 Å². The van der Waals surface area contributed by atoms with E-state index in [-0.39, 0.29) is 0 Å². The van der Waals surface area contributed by atoms with Gasteiger partial charge in [-0.1, -0.05) is 0 Å². The van der Waals surface area contributed by atoms with Crippen molar-refractivity contribution in [3.8, 4) is 0 Å². The SMILES string of the molecule is NCc1nc2ccc(N3CCNCC3)cc2[nH]1. The summed E-state index contributed by atoms with van der Waals surface area (Å²) in [7, 11) is 0. The van der Waals surface area contributed by atoms with Crippen molar-refractivity contribution in [2.45, 2.75) is 6.54 Å². The first-order chi connectivity index (χ1) is 8.36. The van der Waals surface area contributed by atoms with Crippen LogP contribution in [0.1, 0.15) is 5.82 Å². The number of fused-ring (bicyclic) bond motifs is 1. The number of hydrogen-bond acceptors (Lipinski definition) is 4. The lowest BCUT2D eigenvalue weighted by molar-refractivity contribution is 0.589. The first-order valence-electron chi connectivity index (χ1n) is 6.01. The Balaban J connectivity index is 1.94. The number of anilines is 1. The number of aromatic amines is 1. The van der Waals surface area contributed by atoms with Crippen molar-refractivity contribution in [3.63, 3.8) is 0 Å². The fourth-order valence-corrected chi connectivity index (χ4v) is 2.27. The van der Waals surface area contributed by atoms with E-state index in [2.05, 4.69) is 38.4 Å². The second-order valence-electron chi connectivity index (χ2n) is 4.33. The molecule has 0 saturated carbocycles. The van der Waals surface area contributed by atoms with Gasteiger partial charge in [-0.3, -0.25) is 0 Å². The van der Waals surface area contributed by atoms with Gasteiger partial charge in [-0.05, 0) is 18.2 Å². The van der Waals surface area contributed by atoms with Gasteiger partial charge in [-0.2, -0.15) is 0 Å². The van der Waals surface area contributed by atoms with Gasteiger partial charge in [0.25, 0.3) is 0 Å². The van der Waals surface area contributed by atoms with Crippen LogP contribution in [-0.2, 0) is 6.54 Å². The van der Waals surface area contributed by atoms with Crippen molar-refractivity contribution < 1.29 is 0 Å². The molecule has 1 aliphatic rings. The van der Waals surface area contributed by atoms with Crippen molar-refractivity contribution in [3.05, 3.63) is 24.0 Å². The summed E-state index contributed by atoms with van der Waals surface area (Å²) < 4.78 is 0. The highest BCUT2D eigenvalue weighted by atomic mass is 15.2. The van der Waals surface area contributed by atoms with Gasteiger partial charge in [0.15, 0.2) is 0 Å². The lowest BCUT2D eigenvalue weighted by Crippen LogP contribution is -2.43. The normalized spacial score (nSPS) is 16.6.